The first-order valence-electron chi connectivity index (χ1n) is 11.9. The van der Waals surface area contributed by atoms with E-state index in [0.29, 0.717) is 12.0 Å². The zero-order valence-corrected chi connectivity index (χ0v) is 20.7. The van der Waals surface area contributed by atoms with Gasteiger partial charge in [-0.05, 0) is 44.4 Å². The molecule has 2 aromatic rings. The van der Waals surface area contributed by atoms with Gasteiger partial charge in [-0.15, -0.1) is 0 Å². The van der Waals surface area contributed by atoms with Crippen molar-refractivity contribution < 1.29 is 45.8 Å². The predicted octanol–water partition coefficient (Wildman–Crippen LogP) is 4.33. The van der Waals surface area contributed by atoms with Gasteiger partial charge in [-0.1, -0.05) is 0 Å². The molecule has 38 heavy (non-hydrogen) atoms. The number of nitrogens with one attached hydrogen (secondary N) is 1. The number of hydrogen-bond donors (Lipinski definition) is 1. The Balaban J connectivity index is 1.43. The van der Waals surface area contributed by atoms with Crippen LogP contribution in [0.1, 0.15) is 48.2 Å². The first-order valence-corrected chi connectivity index (χ1v) is 11.9. The second-order valence-electron chi connectivity index (χ2n) is 10.0. The summed E-state index contributed by atoms with van der Waals surface area (Å²) in [4.78, 5) is 30.5. The second-order valence-corrected chi connectivity index (χ2v) is 10.0. The fourth-order valence-corrected chi connectivity index (χ4v) is 4.67. The van der Waals surface area contributed by atoms with Crippen molar-refractivity contribution in [1.82, 2.24) is 9.88 Å². The molecule has 2 amide bonds. The molecule has 1 saturated heterocycles. The number of rotatable bonds is 4. The summed E-state index contributed by atoms with van der Waals surface area (Å²) in [5.74, 6) is -4.38. The molecule has 4 heterocycles. The van der Waals surface area contributed by atoms with Gasteiger partial charge < -0.3 is 24.4 Å². The van der Waals surface area contributed by atoms with Gasteiger partial charge in [0.15, 0.2) is 17.2 Å². The Morgan fingerprint density at radius 2 is 1.89 bits per heavy atom. The standard InChI is InChI=1S/C25H24F5N3O5/c1-11-6-15-17(21(18(11)26)38-24(2,3)25(28,29)30)23(35)33-9-14(7-13(33)10-36-15)37-22-19(27)20-12(8-31-22)4-5-16(34)32-20/h6,8,13-14H,4-5,7,9-10H2,1-3H3,(H,32,34)/t13-,14+/m1/s1. The van der Waals surface area contributed by atoms with E-state index in [0.717, 1.165) is 13.8 Å². The molecule has 1 fully saturated rings. The molecule has 3 aliphatic rings. The van der Waals surface area contributed by atoms with Crippen molar-refractivity contribution in [2.24, 2.45) is 0 Å². The van der Waals surface area contributed by atoms with Crippen molar-refractivity contribution in [3.63, 3.8) is 0 Å². The van der Waals surface area contributed by atoms with Gasteiger partial charge in [-0.2, -0.15) is 17.6 Å². The first kappa shape index (κ1) is 26.0. The quantitative estimate of drug-likeness (QED) is 0.580. The van der Waals surface area contributed by atoms with Gasteiger partial charge in [0.25, 0.3) is 11.8 Å². The van der Waals surface area contributed by atoms with Gasteiger partial charge in [-0.3, -0.25) is 9.59 Å². The van der Waals surface area contributed by atoms with E-state index >= 15 is 8.78 Å². The predicted molar refractivity (Wildman–Crippen MR) is 122 cm³/mol. The number of pyridine rings is 1. The summed E-state index contributed by atoms with van der Waals surface area (Å²) in [6.07, 6.45) is -3.46. The fourth-order valence-electron chi connectivity index (χ4n) is 4.67. The van der Waals surface area contributed by atoms with Gasteiger partial charge in [-0.25, -0.2) is 9.37 Å². The van der Waals surface area contributed by atoms with Gasteiger partial charge >= 0.3 is 6.18 Å². The summed E-state index contributed by atoms with van der Waals surface area (Å²) in [7, 11) is 0. The van der Waals surface area contributed by atoms with Crippen LogP contribution >= 0.6 is 0 Å². The summed E-state index contributed by atoms with van der Waals surface area (Å²) in [5, 5.41) is 2.47. The molecular weight excluding hydrogens is 517 g/mol. The minimum Gasteiger partial charge on any atom is -0.490 e. The highest BCUT2D eigenvalue weighted by Gasteiger charge is 2.51. The molecule has 13 heteroatoms. The number of aromatic nitrogens is 1. The molecular formula is C25H24F5N3O5. The smallest absolute Gasteiger partial charge is 0.427 e. The maximum absolute atomic E-state index is 15.1. The van der Waals surface area contributed by atoms with Crippen molar-refractivity contribution >= 4 is 17.5 Å². The molecule has 1 N–H and O–H groups in total. The van der Waals surface area contributed by atoms with Crippen LogP contribution in [0, 0.1) is 18.6 Å². The van der Waals surface area contributed by atoms with Crippen LogP contribution in [0.2, 0.25) is 0 Å². The average Bonchev–Trinajstić information content (AvgIpc) is 3.19. The summed E-state index contributed by atoms with van der Waals surface area (Å²) < 4.78 is 87.3. The number of ether oxygens (including phenoxy) is 3. The average molecular weight is 541 g/mol. The Morgan fingerprint density at radius 1 is 1.16 bits per heavy atom. The van der Waals surface area contributed by atoms with Crippen molar-refractivity contribution in [1.29, 1.82) is 0 Å². The van der Waals surface area contributed by atoms with E-state index in [1.54, 1.807) is 0 Å². The third kappa shape index (κ3) is 4.37. The number of anilines is 1. The minimum absolute atomic E-state index is 0.00739. The van der Waals surface area contributed by atoms with Crippen LogP contribution in [0.15, 0.2) is 12.3 Å². The SMILES string of the molecule is Cc1cc2c(c(OC(C)(C)C(F)(F)F)c1F)C(=O)N1C[C@@H](Oc3ncc4c(c3F)NC(=O)CC4)C[C@@H]1CO2. The van der Waals surface area contributed by atoms with Crippen LogP contribution in [0.3, 0.4) is 0 Å². The number of amides is 2. The van der Waals surface area contributed by atoms with E-state index in [1.165, 1.54) is 24.1 Å². The molecule has 0 spiro atoms. The molecule has 2 atom stereocenters. The monoisotopic (exact) mass is 541 g/mol. The van der Waals surface area contributed by atoms with Gasteiger partial charge in [0.2, 0.25) is 11.7 Å². The number of halogens is 5. The molecule has 5 rings (SSSR count). The third-order valence-corrected chi connectivity index (χ3v) is 6.92. The summed E-state index contributed by atoms with van der Waals surface area (Å²) in [6.45, 7) is 2.65. The highest BCUT2D eigenvalue weighted by molar-refractivity contribution is 6.00. The van der Waals surface area contributed by atoms with Gasteiger partial charge in [0.1, 0.15) is 24.0 Å². The molecule has 204 valence electrons. The van der Waals surface area contributed by atoms with Crippen LogP contribution in [-0.4, -0.2) is 58.8 Å². The highest BCUT2D eigenvalue weighted by atomic mass is 19.4. The van der Waals surface area contributed by atoms with Crippen LogP contribution in [0.5, 0.6) is 17.4 Å². The first-order chi connectivity index (χ1) is 17.8. The fraction of sp³-hybridized carbons (Fsp3) is 0.480. The maximum atomic E-state index is 15.1. The van der Waals surface area contributed by atoms with Crippen molar-refractivity contribution in [2.45, 2.75) is 64.0 Å². The molecule has 1 aromatic carbocycles. The zero-order valence-electron chi connectivity index (χ0n) is 20.7. The van der Waals surface area contributed by atoms with E-state index in [2.05, 4.69) is 10.3 Å². The molecule has 1 aromatic heterocycles. The van der Waals surface area contributed by atoms with E-state index in [-0.39, 0.29) is 54.8 Å². The number of alkyl halides is 3. The molecule has 0 unspecified atom stereocenters. The van der Waals surface area contributed by atoms with Crippen molar-refractivity contribution in [3.05, 3.63) is 40.6 Å². The molecule has 0 radical (unpaired) electrons. The number of carbonyl (C=O) groups is 2. The van der Waals surface area contributed by atoms with Crippen LogP contribution in [-0.2, 0) is 11.2 Å². The lowest BCUT2D eigenvalue weighted by Gasteiger charge is -2.30. The summed E-state index contributed by atoms with van der Waals surface area (Å²) in [6, 6.07) is 0.652. The highest BCUT2D eigenvalue weighted by Crippen LogP contribution is 2.43. The topological polar surface area (TPSA) is 90.0 Å². The number of benzene rings is 1. The molecule has 0 bridgehead atoms. The Bertz CT molecular complexity index is 1330. The lowest BCUT2D eigenvalue weighted by Crippen LogP contribution is -2.45. The Morgan fingerprint density at radius 3 is 2.61 bits per heavy atom. The molecule has 0 saturated carbocycles. The lowest BCUT2D eigenvalue weighted by atomic mass is 10.0. The number of nitrogens with zero attached hydrogens (tertiary/aromatic N) is 2. The van der Waals surface area contributed by atoms with Crippen LogP contribution in [0.4, 0.5) is 27.6 Å². The number of hydrogen-bond acceptors (Lipinski definition) is 6. The zero-order chi connectivity index (χ0) is 27.6. The Hall–Kier alpha value is -3.64. The van der Waals surface area contributed by atoms with Gasteiger partial charge in [0.05, 0.1) is 18.3 Å². The number of fused-ring (bicyclic) bond motifs is 3. The normalized spacial score (nSPS) is 21.1. The summed E-state index contributed by atoms with van der Waals surface area (Å²) in [5.41, 5.74) is -2.79. The lowest BCUT2D eigenvalue weighted by molar-refractivity contribution is -0.235. The molecule has 8 nitrogen and oxygen atoms in total. The van der Waals surface area contributed by atoms with E-state index in [9.17, 15) is 22.8 Å². The van der Waals surface area contributed by atoms with Gasteiger partial charge in [0, 0.05) is 19.0 Å². The van der Waals surface area contributed by atoms with Crippen LogP contribution < -0.4 is 19.5 Å². The van der Waals surface area contributed by atoms with Crippen molar-refractivity contribution in [3.8, 4) is 17.4 Å². The van der Waals surface area contributed by atoms with Crippen molar-refractivity contribution in [2.75, 3.05) is 18.5 Å². The van der Waals surface area contributed by atoms with E-state index < -0.39 is 52.8 Å². The second kappa shape index (κ2) is 8.98. The largest absolute Gasteiger partial charge is 0.490 e. The Kier molecular flexibility index (Phi) is 6.14. The Labute approximate surface area is 214 Å². The minimum atomic E-state index is -4.86. The van der Waals surface area contributed by atoms with Crippen LogP contribution in [0.25, 0.3) is 0 Å². The third-order valence-electron chi connectivity index (χ3n) is 6.92. The summed E-state index contributed by atoms with van der Waals surface area (Å²) >= 11 is 0. The molecule has 0 aliphatic carbocycles. The van der Waals surface area contributed by atoms with E-state index in [4.69, 9.17) is 14.2 Å². The van der Waals surface area contributed by atoms with E-state index in [1.807, 2.05) is 0 Å². The molecule has 3 aliphatic heterocycles. The number of carbonyl (C=O) groups excluding carboxylic acids is 2. The maximum Gasteiger partial charge on any atom is 0.427 e. The number of aryl methyl sites for hydroxylation is 2.